The molecule has 0 bridgehead atoms. The SMILES string of the molecule is Cl.NOc1c(F)cc([N+](=O)[O-])cc1F. The Hall–Kier alpha value is -1.47. The molecule has 14 heavy (non-hydrogen) atoms. The van der Waals surface area contributed by atoms with Gasteiger partial charge in [0.1, 0.15) is 0 Å². The maximum Gasteiger partial charge on any atom is 0.275 e. The van der Waals surface area contributed by atoms with E-state index in [4.69, 9.17) is 0 Å². The number of rotatable bonds is 2. The molecule has 1 aromatic rings. The largest absolute Gasteiger partial charge is 0.405 e. The Bertz CT molecular complexity index is 338. The van der Waals surface area contributed by atoms with Gasteiger partial charge in [0, 0.05) is 0 Å². The number of hydrogen-bond donors (Lipinski definition) is 1. The Kier molecular flexibility index (Phi) is 4.19. The summed E-state index contributed by atoms with van der Waals surface area (Å²) >= 11 is 0. The molecule has 5 nitrogen and oxygen atoms in total. The van der Waals surface area contributed by atoms with Gasteiger partial charge in [0.2, 0.25) is 5.75 Å². The highest BCUT2D eigenvalue weighted by Gasteiger charge is 2.17. The lowest BCUT2D eigenvalue weighted by atomic mass is 10.3. The lowest BCUT2D eigenvalue weighted by Crippen LogP contribution is -2.06. The molecule has 1 rings (SSSR count). The highest BCUT2D eigenvalue weighted by molar-refractivity contribution is 5.85. The van der Waals surface area contributed by atoms with E-state index in [1.165, 1.54) is 0 Å². The summed E-state index contributed by atoms with van der Waals surface area (Å²) < 4.78 is 25.4. The standard InChI is InChI=1S/C6H4F2N2O3.ClH/c7-4-1-3(10(11)12)2-5(8)6(4)13-9;/h1-2H,9H2;1H. The fourth-order valence-electron chi connectivity index (χ4n) is 0.765. The summed E-state index contributed by atoms with van der Waals surface area (Å²) in [7, 11) is 0. The third kappa shape index (κ3) is 2.27. The van der Waals surface area contributed by atoms with Gasteiger partial charge in [-0.25, -0.2) is 8.78 Å². The molecule has 0 saturated heterocycles. The van der Waals surface area contributed by atoms with Crippen LogP contribution in [0.25, 0.3) is 0 Å². The first-order chi connectivity index (χ1) is 6.06. The van der Waals surface area contributed by atoms with Crippen LogP contribution in [-0.4, -0.2) is 4.92 Å². The third-order valence-electron chi connectivity index (χ3n) is 1.31. The van der Waals surface area contributed by atoms with E-state index in [0.29, 0.717) is 12.1 Å². The zero-order valence-corrected chi connectivity index (χ0v) is 7.38. The van der Waals surface area contributed by atoms with Gasteiger partial charge >= 0.3 is 0 Å². The van der Waals surface area contributed by atoms with Crippen molar-refractivity contribution in [1.82, 2.24) is 0 Å². The highest BCUT2D eigenvalue weighted by Crippen LogP contribution is 2.25. The normalized spacial score (nSPS) is 9.07. The second-order valence-corrected chi connectivity index (χ2v) is 2.11. The molecule has 2 N–H and O–H groups in total. The molecule has 0 atom stereocenters. The molecule has 0 radical (unpaired) electrons. The van der Waals surface area contributed by atoms with Crippen molar-refractivity contribution in [3.05, 3.63) is 33.9 Å². The molecule has 0 aliphatic carbocycles. The Balaban J connectivity index is 0.00000169. The van der Waals surface area contributed by atoms with Gasteiger partial charge in [-0.1, -0.05) is 0 Å². The fraction of sp³-hybridized carbons (Fsp3) is 0. The summed E-state index contributed by atoms with van der Waals surface area (Å²) in [5, 5.41) is 10.1. The second kappa shape index (κ2) is 4.68. The van der Waals surface area contributed by atoms with E-state index in [-0.39, 0.29) is 12.4 Å². The van der Waals surface area contributed by atoms with Crippen LogP contribution in [0.5, 0.6) is 5.75 Å². The van der Waals surface area contributed by atoms with Crippen LogP contribution < -0.4 is 10.7 Å². The Morgan fingerprint density at radius 2 is 1.79 bits per heavy atom. The van der Waals surface area contributed by atoms with Crippen LogP contribution in [-0.2, 0) is 0 Å². The Labute approximate surface area is 83.0 Å². The number of nitro benzene ring substituents is 1. The monoisotopic (exact) mass is 226 g/mol. The van der Waals surface area contributed by atoms with E-state index in [2.05, 4.69) is 10.7 Å². The smallest absolute Gasteiger partial charge is 0.275 e. The third-order valence-corrected chi connectivity index (χ3v) is 1.31. The lowest BCUT2D eigenvalue weighted by molar-refractivity contribution is -0.385. The van der Waals surface area contributed by atoms with Crippen LogP contribution in [0.4, 0.5) is 14.5 Å². The molecule has 0 aliphatic heterocycles. The van der Waals surface area contributed by atoms with Crippen molar-refractivity contribution in [2.24, 2.45) is 5.90 Å². The Morgan fingerprint density at radius 3 is 2.07 bits per heavy atom. The molecular weight excluding hydrogens is 222 g/mol. The first-order valence-corrected chi connectivity index (χ1v) is 3.06. The minimum atomic E-state index is -1.21. The summed E-state index contributed by atoms with van der Waals surface area (Å²) in [5.74, 6) is 1.26. The molecule has 0 heterocycles. The highest BCUT2D eigenvalue weighted by atomic mass is 35.5. The van der Waals surface area contributed by atoms with E-state index >= 15 is 0 Å². The number of benzene rings is 1. The zero-order valence-electron chi connectivity index (χ0n) is 6.57. The second-order valence-electron chi connectivity index (χ2n) is 2.11. The molecule has 0 amide bonds. The van der Waals surface area contributed by atoms with E-state index in [9.17, 15) is 18.9 Å². The van der Waals surface area contributed by atoms with E-state index in [0.717, 1.165) is 0 Å². The van der Waals surface area contributed by atoms with Gasteiger partial charge in [-0.3, -0.25) is 10.1 Å². The van der Waals surface area contributed by atoms with E-state index < -0.39 is 28.0 Å². The molecule has 1 aromatic carbocycles. The fourth-order valence-corrected chi connectivity index (χ4v) is 0.765. The summed E-state index contributed by atoms with van der Waals surface area (Å²) in [6.07, 6.45) is 0. The molecule has 0 aromatic heterocycles. The molecule has 0 unspecified atom stereocenters. The number of nitro groups is 1. The van der Waals surface area contributed by atoms with Gasteiger partial charge in [0.05, 0.1) is 17.1 Å². The molecular formula is C6H5ClF2N2O3. The number of nitrogens with two attached hydrogens (primary N) is 1. The van der Waals surface area contributed by atoms with Gasteiger partial charge in [-0.2, -0.15) is 5.90 Å². The van der Waals surface area contributed by atoms with Crippen molar-refractivity contribution < 1.29 is 18.5 Å². The van der Waals surface area contributed by atoms with Crippen LogP contribution in [0, 0.1) is 21.7 Å². The average Bonchev–Trinajstić information content (AvgIpc) is 2.03. The molecule has 0 aliphatic rings. The Morgan fingerprint density at radius 1 is 1.36 bits per heavy atom. The zero-order chi connectivity index (χ0) is 10.0. The molecule has 0 saturated carbocycles. The van der Waals surface area contributed by atoms with Crippen LogP contribution in [0.2, 0.25) is 0 Å². The summed E-state index contributed by atoms with van der Waals surface area (Å²) in [6.45, 7) is 0. The van der Waals surface area contributed by atoms with Crippen LogP contribution in [0.15, 0.2) is 12.1 Å². The van der Waals surface area contributed by atoms with Crippen LogP contribution in [0.3, 0.4) is 0 Å². The van der Waals surface area contributed by atoms with Gasteiger partial charge < -0.3 is 4.84 Å². The maximum atomic E-state index is 12.7. The minimum absolute atomic E-state index is 0. The summed E-state index contributed by atoms with van der Waals surface area (Å²) in [5.41, 5.74) is -0.698. The van der Waals surface area contributed by atoms with Crippen molar-refractivity contribution in [3.63, 3.8) is 0 Å². The number of halogens is 3. The number of non-ortho nitro benzene ring substituents is 1. The van der Waals surface area contributed by atoms with Crippen molar-refractivity contribution >= 4 is 18.1 Å². The first-order valence-electron chi connectivity index (χ1n) is 3.06. The van der Waals surface area contributed by atoms with Gasteiger partial charge in [-0.05, 0) is 0 Å². The van der Waals surface area contributed by atoms with E-state index in [1.54, 1.807) is 0 Å². The van der Waals surface area contributed by atoms with E-state index in [1.807, 2.05) is 0 Å². The first kappa shape index (κ1) is 12.5. The number of hydrogen-bond acceptors (Lipinski definition) is 4. The maximum absolute atomic E-state index is 12.7. The van der Waals surface area contributed by atoms with Crippen molar-refractivity contribution in [3.8, 4) is 5.75 Å². The van der Waals surface area contributed by atoms with Crippen molar-refractivity contribution in [1.29, 1.82) is 0 Å². The average molecular weight is 227 g/mol. The van der Waals surface area contributed by atoms with Gasteiger partial charge in [0.15, 0.2) is 11.6 Å². The predicted molar refractivity (Wildman–Crippen MR) is 45.1 cm³/mol. The van der Waals surface area contributed by atoms with Gasteiger partial charge in [0.25, 0.3) is 5.69 Å². The quantitative estimate of drug-likeness (QED) is 0.613. The van der Waals surface area contributed by atoms with Crippen molar-refractivity contribution in [2.75, 3.05) is 0 Å². The lowest BCUT2D eigenvalue weighted by Gasteiger charge is -2.00. The summed E-state index contributed by atoms with van der Waals surface area (Å²) in [6, 6.07) is 1.04. The number of nitrogens with zero attached hydrogens (tertiary/aromatic N) is 1. The topological polar surface area (TPSA) is 78.4 Å². The van der Waals surface area contributed by atoms with Crippen LogP contribution >= 0.6 is 12.4 Å². The minimum Gasteiger partial charge on any atom is -0.405 e. The molecule has 8 heteroatoms. The summed E-state index contributed by atoms with van der Waals surface area (Å²) in [4.78, 5) is 13.0. The van der Waals surface area contributed by atoms with Gasteiger partial charge in [-0.15, -0.1) is 12.4 Å². The van der Waals surface area contributed by atoms with Crippen molar-refractivity contribution in [2.45, 2.75) is 0 Å². The predicted octanol–water partition coefficient (Wildman–Crippen LogP) is 1.55. The van der Waals surface area contributed by atoms with Crippen LogP contribution in [0.1, 0.15) is 0 Å². The molecule has 0 fully saturated rings. The molecule has 78 valence electrons. The molecule has 0 spiro atoms.